The largest absolute Gasteiger partial charge is 0.494 e. The highest BCUT2D eigenvalue weighted by Gasteiger charge is 2.20. The summed E-state index contributed by atoms with van der Waals surface area (Å²) in [5, 5.41) is 18.0. The van der Waals surface area contributed by atoms with Crippen molar-refractivity contribution < 1.29 is 24.5 Å². The molecule has 0 atom stereocenters. The first-order valence-corrected chi connectivity index (χ1v) is 5.71. The molecule has 0 spiro atoms. The van der Waals surface area contributed by atoms with E-state index in [2.05, 4.69) is 0 Å². The standard InChI is InChI=1S/C13H16O5/c1-3-4-5-18-9-6-8(2)11(13(16)17)10(7-9)12(14)15/h6-7H,3-5H2,1-2H3,(H,14,15)(H,16,17). The van der Waals surface area contributed by atoms with Gasteiger partial charge >= 0.3 is 11.9 Å². The van der Waals surface area contributed by atoms with Crippen LogP contribution in [0.2, 0.25) is 0 Å². The number of ether oxygens (including phenoxy) is 1. The molecule has 0 amide bonds. The van der Waals surface area contributed by atoms with E-state index >= 15 is 0 Å². The molecule has 0 bridgehead atoms. The van der Waals surface area contributed by atoms with Crippen molar-refractivity contribution in [3.8, 4) is 5.75 Å². The maximum atomic E-state index is 11.0. The molecular weight excluding hydrogens is 236 g/mol. The van der Waals surface area contributed by atoms with Gasteiger partial charge in [-0.05, 0) is 31.0 Å². The van der Waals surface area contributed by atoms with Gasteiger partial charge in [0.1, 0.15) is 5.75 Å². The zero-order valence-corrected chi connectivity index (χ0v) is 10.4. The van der Waals surface area contributed by atoms with E-state index in [1.54, 1.807) is 13.0 Å². The maximum Gasteiger partial charge on any atom is 0.336 e. The van der Waals surface area contributed by atoms with Crippen LogP contribution < -0.4 is 4.74 Å². The molecule has 2 N–H and O–H groups in total. The second kappa shape index (κ2) is 6.05. The molecule has 98 valence electrons. The van der Waals surface area contributed by atoms with E-state index in [9.17, 15) is 9.59 Å². The molecule has 1 rings (SSSR count). The van der Waals surface area contributed by atoms with E-state index in [-0.39, 0.29) is 11.1 Å². The van der Waals surface area contributed by atoms with Crippen molar-refractivity contribution >= 4 is 11.9 Å². The molecule has 0 radical (unpaired) electrons. The first kappa shape index (κ1) is 14.0. The molecule has 0 fully saturated rings. The molecule has 0 aliphatic carbocycles. The summed E-state index contributed by atoms with van der Waals surface area (Å²) in [4.78, 5) is 22.1. The van der Waals surface area contributed by atoms with E-state index in [4.69, 9.17) is 14.9 Å². The Morgan fingerprint density at radius 3 is 2.39 bits per heavy atom. The molecule has 0 heterocycles. The molecular formula is C13H16O5. The van der Waals surface area contributed by atoms with Crippen molar-refractivity contribution in [1.82, 2.24) is 0 Å². The first-order chi connectivity index (χ1) is 8.47. The lowest BCUT2D eigenvalue weighted by Crippen LogP contribution is -2.11. The van der Waals surface area contributed by atoms with Crippen molar-refractivity contribution in [3.05, 3.63) is 28.8 Å². The normalized spacial score (nSPS) is 10.1. The van der Waals surface area contributed by atoms with Gasteiger partial charge in [0, 0.05) is 0 Å². The van der Waals surface area contributed by atoms with E-state index < -0.39 is 11.9 Å². The Morgan fingerprint density at radius 1 is 1.22 bits per heavy atom. The zero-order valence-electron chi connectivity index (χ0n) is 10.4. The fourth-order valence-electron chi connectivity index (χ4n) is 1.62. The number of aryl methyl sites for hydroxylation is 1. The summed E-state index contributed by atoms with van der Waals surface area (Å²) in [5.41, 5.74) is -0.0479. The molecule has 5 heteroatoms. The van der Waals surface area contributed by atoms with Crippen molar-refractivity contribution in [2.45, 2.75) is 26.7 Å². The van der Waals surface area contributed by atoms with Crippen LogP contribution in [0.3, 0.4) is 0 Å². The Kier molecular flexibility index (Phi) is 4.71. The Balaban J connectivity index is 3.11. The second-order valence-corrected chi connectivity index (χ2v) is 3.98. The second-order valence-electron chi connectivity index (χ2n) is 3.98. The summed E-state index contributed by atoms with van der Waals surface area (Å²) >= 11 is 0. The summed E-state index contributed by atoms with van der Waals surface area (Å²) in [6.45, 7) is 4.06. The van der Waals surface area contributed by atoms with Crippen LogP contribution in [0.4, 0.5) is 0 Å². The van der Waals surface area contributed by atoms with Gasteiger partial charge in [0.25, 0.3) is 0 Å². The third-order valence-electron chi connectivity index (χ3n) is 2.52. The Hall–Kier alpha value is -2.04. The Morgan fingerprint density at radius 2 is 1.89 bits per heavy atom. The van der Waals surface area contributed by atoms with Gasteiger partial charge in [0.05, 0.1) is 17.7 Å². The highest BCUT2D eigenvalue weighted by atomic mass is 16.5. The lowest BCUT2D eigenvalue weighted by Gasteiger charge is -2.10. The van der Waals surface area contributed by atoms with E-state index in [1.165, 1.54) is 6.07 Å². The smallest absolute Gasteiger partial charge is 0.336 e. The van der Waals surface area contributed by atoms with Crippen LogP contribution in [-0.4, -0.2) is 28.8 Å². The monoisotopic (exact) mass is 252 g/mol. The fourth-order valence-corrected chi connectivity index (χ4v) is 1.62. The third-order valence-corrected chi connectivity index (χ3v) is 2.52. The Labute approximate surface area is 105 Å². The van der Waals surface area contributed by atoms with Gasteiger partial charge in [-0.15, -0.1) is 0 Å². The third kappa shape index (κ3) is 3.23. The number of unbranched alkanes of at least 4 members (excludes halogenated alkanes) is 1. The molecule has 0 aliphatic rings. The van der Waals surface area contributed by atoms with Crippen LogP contribution in [0.25, 0.3) is 0 Å². The fraction of sp³-hybridized carbons (Fsp3) is 0.385. The topological polar surface area (TPSA) is 83.8 Å². The lowest BCUT2D eigenvalue weighted by molar-refractivity contribution is 0.0650. The van der Waals surface area contributed by atoms with Crippen LogP contribution in [0, 0.1) is 6.92 Å². The number of aromatic carboxylic acids is 2. The summed E-state index contributed by atoms with van der Waals surface area (Å²) in [6, 6.07) is 2.81. The summed E-state index contributed by atoms with van der Waals surface area (Å²) in [7, 11) is 0. The predicted octanol–water partition coefficient (Wildman–Crippen LogP) is 2.57. The summed E-state index contributed by atoms with van der Waals surface area (Å²) in [6.07, 6.45) is 1.83. The molecule has 1 aromatic rings. The van der Waals surface area contributed by atoms with Gasteiger partial charge in [-0.1, -0.05) is 13.3 Å². The number of benzene rings is 1. The molecule has 1 aromatic carbocycles. The van der Waals surface area contributed by atoms with Gasteiger partial charge in [0.15, 0.2) is 0 Å². The van der Waals surface area contributed by atoms with E-state index in [0.29, 0.717) is 17.9 Å². The lowest BCUT2D eigenvalue weighted by atomic mass is 10.0. The molecule has 5 nitrogen and oxygen atoms in total. The van der Waals surface area contributed by atoms with Crippen molar-refractivity contribution in [2.24, 2.45) is 0 Å². The SMILES string of the molecule is CCCCOc1cc(C)c(C(=O)O)c(C(=O)O)c1. The van der Waals surface area contributed by atoms with Gasteiger partial charge in [-0.2, -0.15) is 0 Å². The van der Waals surface area contributed by atoms with Crippen LogP contribution in [0.1, 0.15) is 46.0 Å². The van der Waals surface area contributed by atoms with Gasteiger partial charge < -0.3 is 14.9 Å². The van der Waals surface area contributed by atoms with Crippen molar-refractivity contribution in [2.75, 3.05) is 6.61 Å². The first-order valence-electron chi connectivity index (χ1n) is 5.71. The highest BCUT2D eigenvalue weighted by molar-refractivity contribution is 6.03. The van der Waals surface area contributed by atoms with Crippen LogP contribution in [0.15, 0.2) is 12.1 Å². The minimum absolute atomic E-state index is 0.189. The van der Waals surface area contributed by atoms with Gasteiger partial charge in [0.2, 0.25) is 0 Å². The number of carboxylic acid groups (broad SMARTS) is 2. The number of rotatable bonds is 6. The average molecular weight is 252 g/mol. The minimum Gasteiger partial charge on any atom is -0.494 e. The van der Waals surface area contributed by atoms with E-state index in [1.807, 2.05) is 6.92 Å². The maximum absolute atomic E-state index is 11.0. The summed E-state index contributed by atoms with van der Waals surface area (Å²) in [5.74, 6) is -2.12. The number of hydrogen-bond donors (Lipinski definition) is 2. The van der Waals surface area contributed by atoms with Gasteiger partial charge in [-0.3, -0.25) is 0 Å². The molecule has 0 aliphatic heterocycles. The van der Waals surface area contributed by atoms with Crippen LogP contribution in [-0.2, 0) is 0 Å². The van der Waals surface area contributed by atoms with Crippen molar-refractivity contribution in [1.29, 1.82) is 0 Å². The quantitative estimate of drug-likeness (QED) is 0.760. The Bertz CT molecular complexity index is 465. The average Bonchev–Trinajstić information content (AvgIpc) is 2.27. The summed E-state index contributed by atoms with van der Waals surface area (Å²) < 4.78 is 5.40. The number of carbonyl (C=O) groups is 2. The highest BCUT2D eigenvalue weighted by Crippen LogP contribution is 2.23. The molecule has 0 saturated carbocycles. The van der Waals surface area contributed by atoms with Crippen LogP contribution in [0.5, 0.6) is 5.75 Å². The zero-order chi connectivity index (χ0) is 13.7. The van der Waals surface area contributed by atoms with E-state index in [0.717, 1.165) is 12.8 Å². The molecule has 18 heavy (non-hydrogen) atoms. The molecule has 0 saturated heterocycles. The predicted molar refractivity (Wildman–Crippen MR) is 65.5 cm³/mol. The van der Waals surface area contributed by atoms with Gasteiger partial charge in [-0.25, -0.2) is 9.59 Å². The number of carboxylic acids is 2. The molecule has 0 aromatic heterocycles. The minimum atomic E-state index is -1.27. The van der Waals surface area contributed by atoms with Crippen LogP contribution >= 0.6 is 0 Å². The van der Waals surface area contributed by atoms with Crippen molar-refractivity contribution in [3.63, 3.8) is 0 Å². The molecule has 0 unspecified atom stereocenters. The number of hydrogen-bond acceptors (Lipinski definition) is 3.